The molecule has 0 radical (unpaired) electrons. The van der Waals surface area contributed by atoms with Crippen molar-refractivity contribution in [2.45, 2.75) is 64.3 Å². The smallest absolute Gasteiger partial charge is 0.0414 e. The Kier molecular flexibility index (Phi) is 6.38. The highest BCUT2D eigenvalue weighted by atomic mass is 15.1. The fourth-order valence-electron chi connectivity index (χ4n) is 3.17. The van der Waals surface area contributed by atoms with Gasteiger partial charge in [0.2, 0.25) is 0 Å². The highest BCUT2D eigenvalue weighted by Gasteiger charge is 2.17. The van der Waals surface area contributed by atoms with E-state index in [1.165, 1.54) is 69.3 Å². The molecule has 1 saturated heterocycles. The van der Waals surface area contributed by atoms with Gasteiger partial charge >= 0.3 is 0 Å². The molecule has 2 heteroatoms. The molecule has 1 unspecified atom stereocenters. The van der Waals surface area contributed by atoms with E-state index in [1.54, 1.807) is 0 Å². The summed E-state index contributed by atoms with van der Waals surface area (Å²) in [6.45, 7) is 4.64. The maximum absolute atomic E-state index is 6.46. The van der Waals surface area contributed by atoms with Crippen LogP contribution in [0.2, 0.25) is 0 Å². The SMILES string of the molecule is CCCCCCC(N)c1ccccc1N1CCCCC1. The summed E-state index contributed by atoms with van der Waals surface area (Å²) in [5.74, 6) is 0. The minimum absolute atomic E-state index is 0.199. The summed E-state index contributed by atoms with van der Waals surface area (Å²) >= 11 is 0. The van der Waals surface area contributed by atoms with Crippen LogP contribution in [0, 0.1) is 0 Å². The molecule has 1 aliphatic rings. The lowest BCUT2D eigenvalue weighted by molar-refractivity contribution is 0.553. The highest BCUT2D eigenvalue weighted by Crippen LogP contribution is 2.30. The molecule has 2 rings (SSSR count). The summed E-state index contributed by atoms with van der Waals surface area (Å²) in [5.41, 5.74) is 9.20. The van der Waals surface area contributed by atoms with E-state index in [0.29, 0.717) is 0 Å². The van der Waals surface area contributed by atoms with Gasteiger partial charge in [-0.3, -0.25) is 0 Å². The van der Waals surface area contributed by atoms with Crippen molar-refractivity contribution in [3.63, 3.8) is 0 Å². The zero-order chi connectivity index (χ0) is 14.2. The first-order valence-electron chi connectivity index (χ1n) is 8.42. The minimum Gasteiger partial charge on any atom is -0.371 e. The van der Waals surface area contributed by atoms with Crippen LogP contribution in [-0.2, 0) is 0 Å². The van der Waals surface area contributed by atoms with Crippen LogP contribution in [-0.4, -0.2) is 13.1 Å². The van der Waals surface area contributed by atoms with E-state index in [4.69, 9.17) is 5.73 Å². The first-order valence-corrected chi connectivity index (χ1v) is 8.42. The van der Waals surface area contributed by atoms with Gasteiger partial charge in [0.05, 0.1) is 0 Å². The van der Waals surface area contributed by atoms with Crippen LogP contribution in [0.15, 0.2) is 24.3 Å². The van der Waals surface area contributed by atoms with Gasteiger partial charge in [0.1, 0.15) is 0 Å². The van der Waals surface area contributed by atoms with Crippen molar-refractivity contribution in [2.24, 2.45) is 5.73 Å². The van der Waals surface area contributed by atoms with Gasteiger partial charge in [-0.15, -0.1) is 0 Å². The fourth-order valence-corrected chi connectivity index (χ4v) is 3.17. The third kappa shape index (κ3) is 4.24. The first kappa shape index (κ1) is 15.4. The van der Waals surface area contributed by atoms with Gasteiger partial charge in [-0.25, -0.2) is 0 Å². The Hall–Kier alpha value is -1.02. The van der Waals surface area contributed by atoms with E-state index in [2.05, 4.69) is 36.1 Å². The molecule has 2 nitrogen and oxygen atoms in total. The van der Waals surface area contributed by atoms with E-state index >= 15 is 0 Å². The fraction of sp³-hybridized carbons (Fsp3) is 0.667. The maximum atomic E-state index is 6.46. The average molecular weight is 274 g/mol. The van der Waals surface area contributed by atoms with Gasteiger partial charge in [0.25, 0.3) is 0 Å². The number of para-hydroxylation sites is 1. The molecule has 0 amide bonds. The van der Waals surface area contributed by atoms with Crippen LogP contribution in [0.1, 0.15) is 69.9 Å². The van der Waals surface area contributed by atoms with E-state index < -0.39 is 0 Å². The lowest BCUT2D eigenvalue weighted by Crippen LogP contribution is -2.31. The van der Waals surface area contributed by atoms with Gasteiger partial charge < -0.3 is 10.6 Å². The predicted octanol–water partition coefficient (Wildman–Crippen LogP) is 4.65. The molecule has 0 aromatic heterocycles. The Labute approximate surface area is 124 Å². The van der Waals surface area contributed by atoms with Crippen molar-refractivity contribution in [1.82, 2.24) is 0 Å². The van der Waals surface area contributed by atoms with Crippen molar-refractivity contribution < 1.29 is 0 Å². The molecule has 1 heterocycles. The van der Waals surface area contributed by atoms with Gasteiger partial charge in [0, 0.05) is 24.8 Å². The van der Waals surface area contributed by atoms with Gasteiger partial charge in [-0.1, -0.05) is 50.8 Å². The standard InChI is InChI=1S/C18H30N2/c1-2-3-4-6-12-17(19)16-11-7-8-13-18(16)20-14-9-5-10-15-20/h7-8,11,13,17H,2-6,9-10,12,14-15,19H2,1H3. The molecule has 2 N–H and O–H groups in total. The van der Waals surface area contributed by atoms with Crippen LogP contribution in [0.5, 0.6) is 0 Å². The Morgan fingerprint density at radius 3 is 2.55 bits per heavy atom. The second-order valence-corrected chi connectivity index (χ2v) is 6.06. The second-order valence-electron chi connectivity index (χ2n) is 6.06. The molecule has 0 bridgehead atoms. The Morgan fingerprint density at radius 1 is 1.05 bits per heavy atom. The molecular formula is C18H30N2. The lowest BCUT2D eigenvalue weighted by Gasteiger charge is -2.32. The van der Waals surface area contributed by atoms with Crippen molar-refractivity contribution in [3.8, 4) is 0 Å². The largest absolute Gasteiger partial charge is 0.371 e. The van der Waals surface area contributed by atoms with Crippen LogP contribution in [0.3, 0.4) is 0 Å². The van der Waals surface area contributed by atoms with E-state index in [1.807, 2.05) is 0 Å². The number of hydrogen-bond donors (Lipinski definition) is 1. The minimum atomic E-state index is 0.199. The summed E-state index contributed by atoms with van der Waals surface area (Å²) in [7, 11) is 0. The number of unbranched alkanes of at least 4 members (excludes halogenated alkanes) is 3. The van der Waals surface area contributed by atoms with Gasteiger partial charge in [-0.2, -0.15) is 0 Å². The Balaban J connectivity index is 1.98. The summed E-state index contributed by atoms with van der Waals surface area (Å²) in [5, 5.41) is 0. The number of hydrogen-bond acceptors (Lipinski definition) is 2. The van der Waals surface area contributed by atoms with E-state index in [-0.39, 0.29) is 6.04 Å². The summed E-state index contributed by atoms with van der Waals surface area (Å²) < 4.78 is 0. The van der Waals surface area contributed by atoms with Crippen LogP contribution < -0.4 is 10.6 Å². The molecule has 1 atom stereocenters. The molecule has 1 aliphatic heterocycles. The molecule has 1 aromatic rings. The van der Waals surface area contributed by atoms with E-state index in [9.17, 15) is 0 Å². The third-order valence-electron chi connectivity index (χ3n) is 4.40. The van der Waals surface area contributed by atoms with Crippen LogP contribution in [0.25, 0.3) is 0 Å². The Morgan fingerprint density at radius 2 is 1.80 bits per heavy atom. The maximum Gasteiger partial charge on any atom is 0.0414 e. The lowest BCUT2D eigenvalue weighted by atomic mass is 9.97. The number of rotatable bonds is 7. The van der Waals surface area contributed by atoms with Crippen LogP contribution in [0.4, 0.5) is 5.69 Å². The molecule has 112 valence electrons. The number of nitrogens with zero attached hydrogens (tertiary/aromatic N) is 1. The molecule has 20 heavy (non-hydrogen) atoms. The van der Waals surface area contributed by atoms with Crippen molar-refractivity contribution >= 4 is 5.69 Å². The summed E-state index contributed by atoms with van der Waals surface area (Å²) in [6.07, 6.45) is 10.3. The average Bonchev–Trinajstić information content (AvgIpc) is 2.52. The van der Waals surface area contributed by atoms with Crippen molar-refractivity contribution in [2.75, 3.05) is 18.0 Å². The summed E-state index contributed by atoms with van der Waals surface area (Å²) in [6, 6.07) is 8.97. The second kappa shape index (κ2) is 8.31. The summed E-state index contributed by atoms with van der Waals surface area (Å²) in [4.78, 5) is 2.53. The van der Waals surface area contributed by atoms with Crippen LogP contribution >= 0.6 is 0 Å². The normalized spacial score (nSPS) is 17.2. The molecule has 1 fully saturated rings. The van der Waals surface area contributed by atoms with E-state index in [0.717, 1.165) is 6.42 Å². The number of benzene rings is 1. The first-order chi connectivity index (χ1) is 9.83. The van der Waals surface area contributed by atoms with Crippen molar-refractivity contribution in [3.05, 3.63) is 29.8 Å². The topological polar surface area (TPSA) is 29.3 Å². The predicted molar refractivity (Wildman–Crippen MR) is 88.2 cm³/mol. The molecular weight excluding hydrogens is 244 g/mol. The number of nitrogens with two attached hydrogens (primary N) is 1. The third-order valence-corrected chi connectivity index (χ3v) is 4.40. The van der Waals surface area contributed by atoms with Gasteiger partial charge in [-0.05, 0) is 37.3 Å². The number of anilines is 1. The highest BCUT2D eigenvalue weighted by molar-refractivity contribution is 5.55. The quantitative estimate of drug-likeness (QED) is 0.733. The Bertz CT molecular complexity index is 383. The van der Waals surface area contributed by atoms with Gasteiger partial charge in [0.15, 0.2) is 0 Å². The molecule has 0 aliphatic carbocycles. The number of piperidine rings is 1. The molecule has 0 saturated carbocycles. The molecule has 1 aromatic carbocycles. The molecule has 0 spiro atoms. The zero-order valence-corrected chi connectivity index (χ0v) is 13.0. The van der Waals surface area contributed by atoms with Crippen molar-refractivity contribution in [1.29, 1.82) is 0 Å². The monoisotopic (exact) mass is 274 g/mol. The zero-order valence-electron chi connectivity index (χ0n) is 13.0.